The number of carboxylic acid groups (broad SMARTS) is 1. The largest absolute Gasteiger partial charge is 0.477 e. The summed E-state index contributed by atoms with van der Waals surface area (Å²) < 4.78 is 28.1. The van der Waals surface area contributed by atoms with Crippen LogP contribution in [0.25, 0.3) is 0 Å². The van der Waals surface area contributed by atoms with Crippen LogP contribution in [0.5, 0.6) is 0 Å². The smallest absolute Gasteiger partial charge is 0.352 e. The molecule has 6 nitrogen and oxygen atoms in total. The van der Waals surface area contributed by atoms with Crippen molar-refractivity contribution in [1.82, 2.24) is 8.87 Å². The van der Waals surface area contributed by atoms with Gasteiger partial charge >= 0.3 is 5.97 Å². The number of rotatable bonds is 6. The lowest BCUT2D eigenvalue weighted by molar-refractivity contribution is 0.0685. The molecule has 2 rings (SSSR count). The Bertz CT molecular complexity index is 644. The molecule has 1 aliphatic carbocycles. The first-order chi connectivity index (χ1) is 9.66. The summed E-state index contributed by atoms with van der Waals surface area (Å²) in [6.45, 7) is 5.75. The highest BCUT2D eigenvalue weighted by Gasteiger charge is 2.33. The van der Waals surface area contributed by atoms with Crippen molar-refractivity contribution in [2.45, 2.75) is 50.6 Å². The van der Waals surface area contributed by atoms with E-state index in [4.69, 9.17) is 0 Å². The van der Waals surface area contributed by atoms with Crippen molar-refractivity contribution in [3.8, 4) is 0 Å². The molecule has 1 aromatic heterocycles. The van der Waals surface area contributed by atoms with Crippen LogP contribution in [-0.4, -0.2) is 41.5 Å². The second-order valence-electron chi connectivity index (χ2n) is 6.01. The zero-order valence-corrected chi connectivity index (χ0v) is 13.6. The van der Waals surface area contributed by atoms with E-state index >= 15 is 0 Å². The number of carbonyl (C=O) groups is 1. The van der Waals surface area contributed by atoms with Crippen molar-refractivity contribution >= 4 is 16.0 Å². The number of hydrogen-bond acceptors (Lipinski definition) is 3. The molecule has 0 aliphatic heterocycles. The quantitative estimate of drug-likeness (QED) is 0.873. The summed E-state index contributed by atoms with van der Waals surface area (Å²) in [7, 11) is -2.14. The minimum atomic E-state index is -3.67. The van der Waals surface area contributed by atoms with Crippen LogP contribution in [0.3, 0.4) is 0 Å². The number of sulfonamides is 1. The number of aromatic nitrogens is 1. The molecule has 0 aromatic carbocycles. The molecule has 1 N–H and O–H groups in total. The van der Waals surface area contributed by atoms with Crippen molar-refractivity contribution in [1.29, 1.82) is 0 Å². The number of hydrogen-bond donors (Lipinski definition) is 1. The Morgan fingerprint density at radius 2 is 1.95 bits per heavy atom. The van der Waals surface area contributed by atoms with E-state index in [0.29, 0.717) is 0 Å². The number of carboxylic acids is 1. The second kappa shape index (κ2) is 5.46. The average molecular weight is 314 g/mol. The van der Waals surface area contributed by atoms with E-state index in [1.807, 2.05) is 20.8 Å². The van der Waals surface area contributed by atoms with Gasteiger partial charge in [-0.05, 0) is 31.7 Å². The highest BCUT2D eigenvalue weighted by molar-refractivity contribution is 7.89. The molecule has 7 heteroatoms. The molecule has 0 amide bonds. The van der Waals surface area contributed by atoms with Crippen LogP contribution in [0.15, 0.2) is 17.2 Å². The van der Waals surface area contributed by atoms with Gasteiger partial charge < -0.3 is 9.67 Å². The van der Waals surface area contributed by atoms with Gasteiger partial charge in [-0.1, -0.05) is 13.8 Å². The number of nitrogens with zero attached hydrogens (tertiary/aromatic N) is 2. The summed E-state index contributed by atoms with van der Waals surface area (Å²) in [5.41, 5.74) is 0.0432. The lowest BCUT2D eigenvalue weighted by Crippen LogP contribution is -2.38. The zero-order chi connectivity index (χ0) is 15.9. The maximum absolute atomic E-state index is 12.6. The predicted molar refractivity (Wildman–Crippen MR) is 78.9 cm³/mol. The fraction of sp³-hybridized carbons (Fsp3) is 0.643. The van der Waals surface area contributed by atoms with E-state index in [9.17, 15) is 18.3 Å². The highest BCUT2D eigenvalue weighted by Crippen LogP contribution is 2.37. The van der Waals surface area contributed by atoms with Gasteiger partial charge in [0.2, 0.25) is 10.0 Å². The van der Waals surface area contributed by atoms with Gasteiger partial charge in [-0.25, -0.2) is 13.2 Å². The van der Waals surface area contributed by atoms with Crippen LogP contribution >= 0.6 is 0 Å². The Labute approximate surface area is 125 Å². The molecule has 1 aliphatic rings. The standard InChI is InChI=1S/C14H22N2O4S/c1-9(2)10(3)15(4)21(19,20)12-7-13(14(17)18)16(8-12)11-5-6-11/h7-11H,5-6H2,1-4H3,(H,17,18). The van der Waals surface area contributed by atoms with Crippen molar-refractivity contribution in [3.05, 3.63) is 18.0 Å². The fourth-order valence-corrected chi connectivity index (χ4v) is 3.75. The molecular formula is C14H22N2O4S. The second-order valence-corrected chi connectivity index (χ2v) is 8.01. The van der Waals surface area contributed by atoms with E-state index in [2.05, 4.69) is 0 Å². The summed E-state index contributed by atoms with van der Waals surface area (Å²) in [5.74, 6) is -0.919. The van der Waals surface area contributed by atoms with Crippen molar-refractivity contribution in [2.75, 3.05) is 7.05 Å². The third kappa shape index (κ3) is 2.98. The van der Waals surface area contributed by atoms with Gasteiger partial charge in [0, 0.05) is 25.3 Å². The summed E-state index contributed by atoms with van der Waals surface area (Å²) in [6, 6.07) is 1.22. The molecule has 1 heterocycles. The summed E-state index contributed by atoms with van der Waals surface area (Å²) >= 11 is 0. The van der Waals surface area contributed by atoms with E-state index in [1.165, 1.54) is 23.6 Å². The van der Waals surface area contributed by atoms with Gasteiger partial charge in [0.15, 0.2) is 0 Å². The maximum Gasteiger partial charge on any atom is 0.352 e. The lowest BCUT2D eigenvalue weighted by Gasteiger charge is -2.26. The summed E-state index contributed by atoms with van der Waals surface area (Å²) in [4.78, 5) is 11.3. The van der Waals surface area contributed by atoms with Crippen LogP contribution in [0.4, 0.5) is 0 Å². The topological polar surface area (TPSA) is 79.6 Å². The van der Waals surface area contributed by atoms with Crippen LogP contribution in [0.2, 0.25) is 0 Å². The highest BCUT2D eigenvalue weighted by atomic mass is 32.2. The van der Waals surface area contributed by atoms with Gasteiger partial charge in [-0.15, -0.1) is 0 Å². The van der Waals surface area contributed by atoms with Gasteiger partial charge in [-0.2, -0.15) is 4.31 Å². The fourth-order valence-electron chi connectivity index (χ4n) is 2.23. The first kappa shape index (κ1) is 16.0. The van der Waals surface area contributed by atoms with Gasteiger partial charge in [0.1, 0.15) is 10.6 Å². The molecule has 1 unspecified atom stereocenters. The predicted octanol–water partition coefficient (Wildman–Crippen LogP) is 2.19. The number of aromatic carboxylic acids is 1. The lowest BCUT2D eigenvalue weighted by atomic mass is 10.1. The van der Waals surface area contributed by atoms with E-state index in [0.717, 1.165) is 12.8 Å². The first-order valence-corrected chi connectivity index (χ1v) is 8.53. The van der Waals surface area contributed by atoms with Gasteiger partial charge in [0.05, 0.1) is 0 Å². The third-order valence-electron chi connectivity index (χ3n) is 4.20. The van der Waals surface area contributed by atoms with Gasteiger partial charge in [0.25, 0.3) is 0 Å². The normalized spacial score (nSPS) is 17.4. The first-order valence-electron chi connectivity index (χ1n) is 7.09. The molecule has 0 bridgehead atoms. The van der Waals surface area contributed by atoms with E-state index in [-0.39, 0.29) is 28.6 Å². The maximum atomic E-state index is 12.6. The molecule has 0 spiro atoms. The van der Waals surface area contributed by atoms with Gasteiger partial charge in [-0.3, -0.25) is 0 Å². The zero-order valence-electron chi connectivity index (χ0n) is 12.8. The minimum Gasteiger partial charge on any atom is -0.477 e. The molecule has 0 saturated heterocycles. The van der Waals surface area contributed by atoms with Crippen LogP contribution in [0.1, 0.15) is 50.1 Å². The van der Waals surface area contributed by atoms with E-state index < -0.39 is 16.0 Å². The molecule has 1 atom stereocenters. The minimum absolute atomic E-state index is 0.0432. The molecular weight excluding hydrogens is 292 g/mol. The van der Waals surface area contributed by atoms with Crippen LogP contribution in [-0.2, 0) is 10.0 Å². The molecule has 21 heavy (non-hydrogen) atoms. The van der Waals surface area contributed by atoms with Crippen molar-refractivity contribution in [3.63, 3.8) is 0 Å². The van der Waals surface area contributed by atoms with Crippen LogP contribution in [0, 0.1) is 5.92 Å². The molecule has 118 valence electrons. The average Bonchev–Trinajstić information content (AvgIpc) is 3.14. The Hall–Kier alpha value is -1.34. The Balaban J connectivity index is 2.41. The third-order valence-corrected chi connectivity index (χ3v) is 6.11. The molecule has 1 saturated carbocycles. The van der Waals surface area contributed by atoms with E-state index in [1.54, 1.807) is 4.57 Å². The van der Waals surface area contributed by atoms with Crippen molar-refractivity contribution < 1.29 is 18.3 Å². The Kier molecular flexibility index (Phi) is 4.17. The van der Waals surface area contributed by atoms with Crippen LogP contribution < -0.4 is 0 Å². The summed E-state index contributed by atoms with van der Waals surface area (Å²) in [6.07, 6.45) is 3.25. The van der Waals surface area contributed by atoms with Crippen molar-refractivity contribution in [2.24, 2.45) is 5.92 Å². The Morgan fingerprint density at radius 3 is 2.38 bits per heavy atom. The Morgan fingerprint density at radius 1 is 1.38 bits per heavy atom. The summed E-state index contributed by atoms with van der Waals surface area (Å²) in [5, 5.41) is 9.23. The monoisotopic (exact) mass is 314 g/mol. The SMILES string of the molecule is CC(C)C(C)N(C)S(=O)(=O)c1cc(C(=O)O)n(C2CC2)c1. The molecule has 0 radical (unpaired) electrons. The molecule has 1 fully saturated rings. The molecule has 1 aromatic rings.